The minimum absolute atomic E-state index is 0.0953. The molecule has 0 aliphatic carbocycles. The van der Waals surface area contributed by atoms with Crippen molar-refractivity contribution in [2.24, 2.45) is 0 Å². The maximum Gasteiger partial charge on any atom is 0.240 e. The molecule has 0 aliphatic heterocycles. The van der Waals surface area contributed by atoms with Crippen molar-refractivity contribution in [2.75, 3.05) is 11.4 Å². The molecule has 6 nitrogen and oxygen atoms in total. The van der Waals surface area contributed by atoms with Crippen LogP contribution in [-0.4, -0.2) is 18.4 Å². The number of carbonyl (C=O) groups is 2. The molecular formula is C16H15N3O3. The smallest absolute Gasteiger partial charge is 0.240 e. The predicted octanol–water partition coefficient (Wildman–Crippen LogP) is 1.82. The number of nitriles is 1. The van der Waals surface area contributed by atoms with E-state index >= 15 is 0 Å². The number of hydrogen-bond donors (Lipinski definition) is 1. The van der Waals surface area contributed by atoms with Crippen LogP contribution in [0, 0.1) is 11.3 Å². The molecule has 0 aliphatic rings. The lowest BCUT2D eigenvalue weighted by atomic mass is 10.2. The third kappa shape index (κ3) is 3.96. The Morgan fingerprint density at radius 2 is 2.00 bits per heavy atom. The third-order valence-corrected chi connectivity index (χ3v) is 3.03. The third-order valence-electron chi connectivity index (χ3n) is 3.03. The van der Waals surface area contributed by atoms with Gasteiger partial charge in [-0.3, -0.25) is 9.59 Å². The summed E-state index contributed by atoms with van der Waals surface area (Å²) < 4.78 is 5.12. The van der Waals surface area contributed by atoms with Gasteiger partial charge in [-0.1, -0.05) is 0 Å². The van der Waals surface area contributed by atoms with Gasteiger partial charge in [0.25, 0.3) is 0 Å². The van der Waals surface area contributed by atoms with Crippen molar-refractivity contribution in [3.05, 3.63) is 54.0 Å². The van der Waals surface area contributed by atoms with Crippen molar-refractivity contribution >= 4 is 17.5 Å². The average molecular weight is 297 g/mol. The van der Waals surface area contributed by atoms with Gasteiger partial charge in [-0.2, -0.15) is 5.26 Å². The number of hydrogen-bond acceptors (Lipinski definition) is 4. The zero-order valence-electron chi connectivity index (χ0n) is 12.1. The molecule has 22 heavy (non-hydrogen) atoms. The second-order valence-corrected chi connectivity index (χ2v) is 4.62. The predicted molar refractivity (Wildman–Crippen MR) is 79.7 cm³/mol. The first-order valence-corrected chi connectivity index (χ1v) is 6.67. The highest BCUT2D eigenvalue weighted by molar-refractivity contribution is 5.97. The molecule has 0 spiro atoms. The fourth-order valence-corrected chi connectivity index (χ4v) is 1.90. The Labute approximate surface area is 127 Å². The van der Waals surface area contributed by atoms with Gasteiger partial charge in [-0.15, -0.1) is 0 Å². The van der Waals surface area contributed by atoms with Crippen LogP contribution in [0.15, 0.2) is 47.1 Å². The lowest BCUT2D eigenvalue weighted by Crippen LogP contribution is -2.39. The van der Waals surface area contributed by atoms with E-state index in [9.17, 15) is 9.59 Å². The Morgan fingerprint density at radius 3 is 2.55 bits per heavy atom. The van der Waals surface area contributed by atoms with E-state index < -0.39 is 0 Å². The highest BCUT2D eigenvalue weighted by Gasteiger charge is 2.15. The van der Waals surface area contributed by atoms with Gasteiger partial charge in [0.05, 0.1) is 24.4 Å². The minimum Gasteiger partial charge on any atom is -0.467 e. The molecule has 0 atom stereocenters. The number of nitrogens with one attached hydrogen (secondary N) is 1. The highest BCUT2D eigenvalue weighted by atomic mass is 16.3. The molecule has 0 saturated heterocycles. The van der Waals surface area contributed by atoms with E-state index in [1.807, 2.05) is 6.07 Å². The van der Waals surface area contributed by atoms with E-state index in [-0.39, 0.29) is 24.9 Å². The van der Waals surface area contributed by atoms with Crippen LogP contribution in [0.3, 0.4) is 0 Å². The minimum atomic E-state index is -0.295. The van der Waals surface area contributed by atoms with Crippen LogP contribution in [0.4, 0.5) is 5.69 Å². The standard InChI is InChI=1S/C16H15N3O3/c1-12(20)19(14-6-4-13(9-17)5-7-14)11-16(21)18-10-15-3-2-8-22-15/h2-8H,10-11H2,1H3,(H,18,21). The van der Waals surface area contributed by atoms with Crippen LogP contribution in [0.1, 0.15) is 18.2 Å². The number of furan rings is 1. The molecule has 112 valence electrons. The maximum absolute atomic E-state index is 12.0. The molecule has 1 aromatic carbocycles. The Morgan fingerprint density at radius 1 is 1.27 bits per heavy atom. The summed E-state index contributed by atoms with van der Waals surface area (Å²) in [6.45, 7) is 1.56. The van der Waals surface area contributed by atoms with Crippen LogP contribution in [0.2, 0.25) is 0 Å². The number of benzene rings is 1. The molecule has 6 heteroatoms. The second kappa shape index (κ2) is 7.09. The van der Waals surface area contributed by atoms with Crippen molar-refractivity contribution in [2.45, 2.75) is 13.5 Å². The summed E-state index contributed by atoms with van der Waals surface area (Å²) in [5.74, 6) is 0.0925. The summed E-state index contributed by atoms with van der Waals surface area (Å²) in [5.41, 5.74) is 1.06. The van der Waals surface area contributed by atoms with E-state index in [1.54, 1.807) is 36.4 Å². The van der Waals surface area contributed by atoms with Gasteiger partial charge in [0.15, 0.2) is 0 Å². The van der Waals surface area contributed by atoms with E-state index in [1.165, 1.54) is 18.1 Å². The van der Waals surface area contributed by atoms with Crippen LogP contribution >= 0.6 is 0 Å². The van der Waals surface area contributed by atoms with Gasteiger partial charge in [0, 0.05) is 12.6 Å². The first kappa shape index (κ1) is 15.3. The number of nitrogens with zero attached hydrogens (tertiary/aromatic N) is 2. The molecule has 0 bridgehead atoms. The number of rotatable bonds is 5. The summed E-state index contributed by atoms with van der Waals surface area (Å²) in [6.07, 6.45) is 1.53. The molecule has 0 unspecified atom stereocenters. The van der Waals surface area contributed by atoms with Gasteiger partial charge in [0.2, 0.25) is 11.8 Å². The molecule has 1 aromatic heterocycles. The van der Waals surface area contributed by atoms with Gasteiger partial charge in [0.1, 0.15) is 12.3 Å². The zero-order chi connectivity index (χ0) is 15.9. The normalized spacial score (nSPS) is 9.82. The summed E-state index contributed by atoms with van der Waals surface area (Å²) in [5, 5.41) is 11.5. The van der Waals surface area contributed by atoms with E-state index in [0.29, 0.717) is 17.0 Å². The molecule has 1 N–H and O–H groups in total. The van der Waals surface area contributed by atoms with Crippen LogP contribution < -0.4 is 10.2 Å². The van der Waals surface area contributed by atoms with Gasteiger partial charge < -0.3 is 14.6 Å². The van der Waals surface area contributed by atoms with E-state index in [0.717, 1.165) is 0 Å². The van der Waals surface area contributed by atoms with Gasteiger partial charge >= 0.3 is 0 Å². The summed E-state index contributed by atoms with van der Waals surface area (Å²) >= 11 is 0. The lowest BCUT2D eigenvalue weighted by Gasteiger charge is -2.20. The molecule has 2 aromatic rings. The average Bonchev–Trinajstić information content (AvgIpc) is 3.04. The number of amides is 2. The van der Waals surface area contributed by atoms with E-state index in [2.05, 4.69) is 5.32 Å². The largest absolute Gasteiger partial charge is 0.467 e. The molecule has 1 heterocycles. The zero-order valence-corrected chi connectivity index (χ0v) is 12.1. The van der Waals surface area contributed by atoms with Crippen LogP contribution in [0.5, 0.6) is 0 Å². The van der Waals surface area contributed by atoms with Gasteiger partial charge in [-0.05, 0) is 36.4 Å². The molecule has 0 fully saturated rings. The lowest BCUT2D eigenvalue weighted by molar-refractivity contribution is -0.123. The van der Waals surface area contributed by atoms with Crippen molar-refractivity contribution in [3.63, 3.8) is 0 Å². The maximum atomic E-state index is 12.0. The monoisotopic (exact) mass is 297 g/mol. The molecule has 2 rings (SSSR count). The van der Waals surface area contributed by atoms with Crippen molar-refractivity contribution in [1.29, 1.82) is 5.26 Å². The molecule has 2 amide bonds. The van der Waals surface area contributed by atoms with Crippen molar-refractivity contribution in [1.82, 2.24) is 5.32 Å². The summed E-state index contributed by atoms with van der Waals surface area (Å²) in [7, 11) is 0. The van der Waals surface area contributed by atoms with Crippen molar-refractivity contribution in [3.8, 4) is 6.07 Å². The Balaban J connectivity index is 2.00. The number of anilines is 1. The fraction of sp³-hybridized carbons (Fsp3) is 0.188. The highest BCUT2D eigenvalue weighted by Crippen LogP contribution is 2.15. The second-order valence-electron chi connectivity index (χ2n) is 4.62. The fourth-order valence-electron chi connectivity index (χ4n) is 1.90. The molecule has 0 radical (unpaired) electrons. The Bertz CT molecular complexity index is 684. The van der Waals surface area contributed by atoms with Crippen LogP contribution in [0.25, 0.3) is 0 Å². The first-order valence-electron chi connectivity index (χ1n) is 6.67. The Hall–Kier alpha value is -3.07. The van der Waals surface area contributed by atoms with E-state index in [4.69, 9.17) is 9.68 Å². The molecule has 0 saturated carbocycles. The van der Waals surface area contributed by atoms with Gasteiger partial charge in [-0.25, -0.2) is 0 Å². The van der Waals surface area contributed by atoms with Crippen molar-refractivity contribution < 1.29 is 14.0 Å². The molecular weight excluding hydrogens is 282 g/mol. The summed E-state index contributed by atoms with van der Waals surface area (Å²) in [4.78, 5) is 25.0. The number of carbonyl (C=O) groups excluding carboxylic acids is 2. The Kier molecular flexibility index (Phi) is 4.94. The topological polar surface area (TPSA) is 86.3 Å². The van der Waals surface area contributed by atoms with Crippen LogP contribution in [-0.2, 0) is 16.1 Å². The first-order chi connectivity index (χ1) is 10.6. The SMILES string of the molecule is CC(=O)N(CC(=O)NCc1ccco1)c1ccc(C#N)cc1. The summed E-state index contributed by atoms with van der Waals surface area (Å²) in [6, 6.07) is 12.0. The quantitative estimate of drug-likeness (QED) is 0.912.